The average Bonchev–Trinajstić information content (AvgIpc) is 3.16. The number of aromatic nitrogens is 3. The van der Waals surface area contributed by atoms with Gasteiger partial charge in [0, 0.05) is 12.6 Å². The molecular weight excluding hydrogens is 244 g/mol. The molecule has 1 heterocycles. The van der Waals surface area contributed by atoms with Gasteiger partial charge in [0.25, 0.3) is 0 Å². The first-order chi connectivity index (χ1) is 9.16. The van der Waals surface area contributed by atoms with Gasteiger partial charge in [-0.05, 0) is 32.0 Å². The highest BCUT2D eigenvalue weighted by molar-refractivity contribution is 6.00. The summed E-state index contributed by atoms with van der Waals surface area (Å²) < 4.78 is 1.69. The number of para-hydroxylation sites is 1. The Morgan fingerprint density at radius 2 is 2.32 bits per heavy atom. The van der Waals surface area contributed by atoms with Crippen LogP contribution >= 0.6 is 0 Å². The molecule has 1 aliphatic rings. The number of fused-ring (bicyclic) bond motifs is 1. The Balaban J connectivity index is 1.88. The molecule has 0 saturated heterocycles. The monoisotopic (exact) mass is 260 g/mol. The van der Waals surface area contributed by atoms with Gasteiger partial charge in [-0.2, -0.15) is 0 Å². The second-order valence-electron chi connectivity index (χ2n) is 5.00. The number of carboxylic acid groups (broad SMARTS) is 1. The minimum Gasteiger partial charge on any atom is -0.478 e. The fourth-order valence-corrected chi connectivity index (χ4v) is 2.31. The van der Waals surface area contributed by atoms with E-state index in [1.165, 1.54) is 12.8 Å². The molecule has 0 aliphatic heterocycles. The molecule has 1 aliphatic carbocycles. The van der Waals surface area contributed by atoms with Gasteiger partial charge in [-0.3, -0.25) is 0 Å². The third-order valence-electron chi connectivity index (χ3n) is 3.60. The minimum atomic E-state index is -0.940. The molecule has 1 aromatic heterocycles. The van der Waals surface area contributed by atoms with Crippen molar-refractivity contribution in [3.63, 3.8) is 0 Å². The topological polar surface area (TPSA) is 71.2 Å². The van der Waals surface area contributed by atoms with Crippen molar-refractivity contribution >= 4 is 17.0 Å². The van der Waals surface area contributed by atoms with E-state index in [0.717, 1.165) is 6.54 Å². The zero-order chi connectivity index (χ0) is 13.4. The summed E-state index contributed by atoms with van der Waals surface area (Å²) >= 11 is 0. The molecule has 100 valence electrons. The first-order valence-corrected chi connectivity index (χ1v) is 6.42. The van der Waals surface area contributed by atoms with Gasteiger partial charge in [-0.1, -0.05) is 11.3 Å². The molecule has 1 fully saturated rings. The number of hydrogen-bond donors (Lipinski definition) is 1. The summed E-state index contributed by atoms with van der Waals surface area (Å²) in [4.78, 5) is 13.5. The van der Waals surface area contributed by atoms with Gasteiger partial charge in [0.15, 0.2) is 0 Å². The predicted molar refractivity (Wildman–Crippen MR) is 70.1 cm³/mol. The van der Waals surface area contributed by atoms with Gasteiger partial charge in [0.2, 0.25) is 0 Å². The maximum absolute atomic E-state index is 11.2. The Morgan fingerprint density at radius 1 is 1.53 bits per heavy atom. The summed E-state index contributed by atoms with van der Waals surface area (Å²) in [6.07, 6.45) is 2.52. The molecule has 6 heteroatoms. The second kappa shape index (κ2) is 4.62. The van der Waals surface area contributed by atoms with Crippen molar-refractivity contribution in [2.45, 2.75) is 25.4 Å². The van der Waals surface area contributed by atoms with Crippen molar-refractivity contribution in [2.75, 3.05) is 13.6 Å². The summed E-state index contributed by atoms with van der Waals surface area (Å²) in [6, 6.07) is 5.76. The number of carboxylic acids is 1. The molecular formula is C13H16N4O2. The van der Waals surface area contributed by atoms with Crippen molar-refractivity contribution < 1.29 is 9.90 Å². The Morgan fingerprint density at radius 3 is 3.00 bits per heavy atom. The van der Waals surface area contributed by atoms with Crippen LogP contribution in [0.3, 0.4) is 0 Å². The minimum absolute atomic E-state index is 0.261. The molecule has 0 spiro atoms. The first kappa shape index (κ1) is 12.1. The number of rotatable bonds is 5. The number of hydrogen-bond acceptors (Lipinski definition) is 4. The van der Waals surface area contributed by atoms with Gasteiger partial charge >= 0.3 is 5.97 Å². The second-order valence-corrected chi connectivity index (χ2v) is 5.00. The summed E-state index contributed by atoms with van der Waals surface area (Å²) in [5.41, 5.74) is 1.50. The van der Waals surface area contributed by atoms with Crippen molar-refractivity contribution in [3.8, 4) is 0 Å². The fraction of sp³-hybridized carbons (Fsp3) is 0.462. The molecule has 0 amide bonds. The van der Waals surface area contributed by atoms with E-state index in [1.807, 2.05) is 0 Å². The van der Waals surface area contributed by atoms with Crippen LogP contribution in [0.1, 0.15) is 23.2 Å². The fourth-order valence-electron chi connectivity index (χ4n) is 2.31. The Kier molecular flexibility index (Phi) is 2.94. The van der Waals surface area contributed by atoms with Crippen LogP contribution < -0.4 is 0 Å². The lowest BCUT2D eigenvalue weighted by Gasteiger charge is -2.15. The number of nitrogens with zero attached hydrogens (tertiary/aromatic N) is 4. The van der Waals surface area contributed by atoms with E-state index >= 15 is 0 Å². The van der Waals surface area contributed by atoms with Crippen LogP contribution in [0.4, 0.5) is 0 Å². The van der Waals surface area contributed by atoms with E-state index in [4.69, 9.17) is 0 Å². The van der Waals surface area contributed by atoms with E-state index in [-0.39, 0.29) is 5.56 Å². The lowest BCUT2D eigenvalue weighted by atomic mass is 10.2. The van der Waals surface area contributed by atoms with Gasteiger partial charge in [0.1, 0.15) is 11.0 Å². The molecule has 0 unspecified atom stereocenters. The van der Waals surface area contributed by atoms with Gasteiger partial charge in [0.05, 0.1) is 12.1 Å². The lowest BCUT2D eigenvalue weighted by molar-refractivity contribution is 0.0698. The molecule has 1 aromatic carbocycles. The summed E-state index contributed by atoms with van der Waals surface area (Å²) in [5, 5.41) is 17.3. The summed E-state index contributed by atoms with van der Waals surface area (Å²) in [7, 11) is 2.09. The molecule has 3 rings (SSSR count). The van der Waals surface area contributed by atoms with Crippen molar-refractivity contribution in [1.29, 1.82) is 0 Å². The third kappa shape index (κ3) is 2.31. The van der Waals surface area contributed by atoms with Gasteiger partial charge in [-0.15, -0.1) is 5.10 Å². The van der Waals surface area contributed by atoms with Crippen LogP contribution in [-0.4, -0.2) is 50.6 Å². The molecule has 0 atom stereocenters. The van der Waals surface area contributed by atoms with E-state index in [9.17, 15) is 9.90 Å². The largest absolute Gasteiger partial charge is 0.478 e. The van der Waals surface area contributed by atoms with Gasteiger partial charge < -0.3 is 10.0 Å². The van der Waals surface area contributed by atoms with Crippen molar-refractivity contribution in [1.82, 2.24) is 19.9 Å². The van der Waals surface area contributed by atoms with E-state index < -0.39 is 5.97 Å². The van der Waals surface area contributed by atoms with Crippen LogP contribution in [0.5, 0.6) is 0 Å². The first-order valence-electron chi connectivity index (χ1n) is 6.42. The normalized spacial score (nSPS) is 15.3. The quantitative estimate of drug-likeness (QED) is 0.875. The Hall–Kier alpha value is -1.95. The number of benzene rings is 1. The summed E-state index contributed by atoms with van der Waals surface area (Å²) in [6.45, 7) is 1.52. The van der Waals surface area contributed by atoms with Gasteiger partial charge in [-0.25, -0.2) is 9.48 Å². The molecule has 6 nitrogen and oxygen atoms in total. The highest BCUT2D eigenvalue weighted by Gasteiger charge is 2.26. The Labute approximate surface area is 110 Å². The van der Waals surface area contributed by atoms with E-state index in [2.05, 4.69) is 22.3 Å². The lowest BCUT2D eigenvalue weighted by Crippen LogP contribution is -2.25. The van der Waals surface area contributed by atoms with Crippen LogP contribution in [0.2, 0.25) is 0 Å². The number of carbonyl (C=O) groups is 1. The molecule has 1 N–H and O–H groups in total. The molecule has 0 radical (unpaired) electrons. The molecule has 0 bridgehead atoms. The maximum atomic E-state index is 11.2. The summed E-state index contributed by atoms with van der Waals surface area (Å²) in [5.74, 6) is -0.940. The number of aromatic carboxylic acids is 1. The SMILES string of the molecule is CN(CCn1nnc2cccc(C(=O)O)c21)C1CC1. The molecule has 2 aromatic rings. The molecule has 1 saturated carbocycles. The Bertz CT molecular complexity index is 618. The predicted octanol–water partition coefficient (Wildman–Crippen LogP) is 1.22. The van der Waals surface area contributed by atoms with Crippen LogP contribution in [0, 0.1) is 0 Å². The smallest absolute Gasteiger partial charge is 0.337 e. The van der Waals surface area contributed by atoms with Crippen LogP contribution in [0.15, 0.2) is 18.2 Å². The number of likely N-dealkylation sites (N-methyl/N-ethyl adjacent to an activating group) is 1. The van der Waals surface area contributed by atoms with Crippen LogP contribution in [-0.2, 0) is 6.54 Å². The highest BCUT2D eigenvalue weighted by Crippen LogP contribution is 2.25. The zero-order valence-corrected chi connectivity index (χ0v) is 10.8. The average molecular weight is 260 g/mol. The van der Waals surface area contributed by atoms with Crippen molar-refractivity contribution in [3.05, 3.63) is 23.8 Å². The standard InChI is InChI=1S/C13H16N4O2/c1-16(9-5-6-9)7-8-17-12-10(13(18)19)3-2-4-11(12)14-15-17/h2-4,9H,5-8H2,1H3,(H,18,19). The van der Waals surface area contributed by atoms with Crippen LogP contribution in [0.25, 0.3) is 11.0 Å². The molecule has 19 heavy (non-hydrogen) atoms. The zero-order valence-electron chi connectivity index (χ0n) is 10.8. The third-order valence-corrected chi connectivity index (χ3v) is 3.60. The van der Waals surface area contributed by atoms with Crippen molar-refractivity contribution in [2.24, 2.45) is 0 Å². The van der Waals surface area contributed by atoms with E-state index in [0.29, 0.717) is 23.6 Å². The maximum Gasteiger partial charge on any atom is 0.337 e. The van der Waals surface area contributed by atoms with E-state index in [1.54, 1.807) is 22.9 Å². The highest BCUT2D eigenvalue weighted by atomic mass is 16.4.